The summed E-state index contributed by atoms with van der Waals surface area (Å²) in [6.07, 6.45) is 4.09. The highest BCUT2D eigenvalue weighted by atomic mass is 79.9. The molecular weight excluding hydrogens is 230 g/mol. The Labute approximate surface area is 84.9 Å². The highest BCUT2D eigenvalue weighted by molar-refractivity contribution is 9.10. The van der Waals surface area contributed by atoms with E-state index in [1.54, 1.807) is 18.2 Å². The zero-order valence-corrected chi connectivity index (χ0v) is 8.25. The normalized spacial score (nSPS) is 11.4. The van der Waals surface area contributed by atoms with E-state index in [2.05, 4.69) is 21.9 Å². The summed E-state index contributed by atoms with van der Waals surface area (Å²) >= 11 is 3.24. The molecule has 0 saturated carbocycles. The van der Waals surface area contributed by atoms with Crippen LogP contribution >= 0.6 is 15.9 Å². The van der Waals surface area contributed by atoms with Gasteiger partial charge in [0.15, 0.2) is 0 Å². The quantitative estimate of drug-likeness (QED) is 0.757. The molecule has 1 aromatic rings. The topological polar surface area (TPSA) is 44.0 Å². The summed E-state index contributed by atoms with van der Waals surface area (Å²) in [5, 5.41) is 18.0. The second kappa shape index (κ2) is 4.09. The van der Waals surface area contributed by atoms with Gasteiger partial charge < -0.3 is 5.11 Å². The molecule has 0 radical (unpaired) electrons. The van der Waals surface area contributed by atoms with Gasteiger partial charge in [-0.05, 0) is 18.2 Å². The van der Waals surface area contributed by atoms with Crippen molar-refractivity contribution in [1.82, 2.24) is 0 Å². The highest BCUT2D eigenvalue weighted by Crippen LogP contribution is 2.23. The van der Waals surface area contributed by atoms with Crippen molar-refractivity contribution in [2.45, 2.75) is 6.10 Å². The number of hydrogen-bond donors (Lipinski definition) is 1. The van der Waals surface area contributed by atoms with Crippen LogP contribution in [0.5, 0.6) is 0 Å². The van der Waals surface area contributed by atoms with Crippen LogP contribution in [0.2, 0.25) is 0 Å². The van der Waals surface area contributed by atoms with Gasteiger partial charge in [0.05, 0.1) is 11.6 Å². The van der Waals surface area contributed by atoms with Crippen LogP contribution in [0, 0.1) is 23.7 Å². The Morgan fingerprint density at radius 3 is 2.77 bits per heavy atom. The lowest BCUT2D eigenvalue weighted by Gasteiger charge is -2.06. The Kier molecular flexibility index (Phi) is 3.08. The van der Waals surface area contributed by atoms with Gasteiger partial charge in [-0.15, -0.1) is 6.42 Å². The first-order valence-corrected chi connectivity index (χ1v) is 4.32. The number of aliphatic hydroxyl groups is 1. The van der Waals surface area contributed by atoms with Crippen LogP contribution in [0.3, 0.4) is 0 Å². The fourth-order valence-corrected chi connectivity index (χ4v) is 1.38. The van der Waals surface area contributed by atoms with Crippen molar-refractivity contribution in [2.75, 3.05) is 0 Å². The van der Waals surface area contributed by atoms with Gasteiger partial charge in [-0.3, -0.25) is 0 Å². The molecule has 0 heterocycles. The average molecular weight is 236 g/mol. The molecule has 1 atom stereocenters. The number of rotatable bonds is 1. The maximum absolute atomic E-state index is 9.35. The number of terminal acetylenes is 1. The molecule has 1 rings (SSSR count). The predicted molar refractivity (Wildman–Crippen MR) is 52.6 cm³/mol. The second-order valence-corrected chi connectivity index (χ2v) is 3.27. The lowest BCUT2D eigenvalue weighted by molar-refractivity contribution is 0.238. The molecule has 3 heteroatoms. The molecule has 0 fully saturated rings. The van der Waals surface area contributed by atoms with Gasteiger partial charge in [-0.25, -0.2) is 0 Å². The summed E-state index contributed by atoms with van der Waals surface area (Å²) in [4.78, 5) is 0. The van der Waals surface area contributed by atoms with Crippen molar-refractivity contribution in [3.8, 4) is 18.4 Å². The SMILES string of the molecule is C#CC(O)c1cc(C#N)ccc1Br. The van der Waals surface area contributed by atoms with Crippen molar-refractivity contribution in [2.24, 2.45) is 0 Å². The molecule has 0 aromatic heterocycles. The summed E-state index contributed by atoms with van der Waals surface area (Å²) in [6.45, 7) is 0. The van der Waals surface area contributed by atoms with Crippen molar-refractivity contribution >= 4 is 15.9 Å². The first-order chi connectivity index (χ1) is 6.19. The van der Waals surface area contributed by atoms with Gasteiger partial charge >= 0.3 is 0 Å². The Hall–Kier alpha value is -1.29. The fraction of sp³-hybridized carbons (Fsp3) is 0.100. The molecule has 0 spiro atoms. The van der Waals surface area contributed by atoms with Crippen LogP contribution < -0.4 is 0 Å². The third-order valence-electron chi connectivity index (χ3n) is 1.58. The van der Waals surface area contributed by atoms with E-state index >= 15 is 0 Å². The summed E-state index contributed by atoms with van der Waals surface area (Å²) < 4.78 is 0.706. The van der Waals surface area contributed by atoms with Crippen LogP contribution in [0.1, 0.15) is 17.2 Å². The Bertz CT molecular complexity index is 400. The summed E-state index contributed by atoms with van der Waals surface area (Å²) in [7, 11) is 0. The van der Waals surface area contributed by atoms with Crippen molar-refractivity contribution in [3.05, 3.63) is 33.8 Å². The summed E-state index contributed by atoms with van der Waals surface area (Å²) in [6, 6.07) is 6.88. The minimum atomic E-state index is -0.970. The molecule has 0 amide bonds. The van der Waals surface area contributed by atoms with E-state index in [0.29, 0.717) is 15.6 Å². The molecule has 13 heavy (non-hydrogen) atoms. The van der Waals surface area contributed by atoms with Crippen LogP contribution in [-0.4, -0.2) is 5.11 Å². The molecule has 0 aliphatic rings. The zero-order chi connectivity index (χ0) is 9.84. The number of hydrogen-bond acceptors (Lipinski definition) is 2. The molecule has 0 aliphatic carbocycles. The standard InChI is InChI=1S/C10H6BrNO/c1-2-10(13)8-5-7(6-12)3-4-9(8)11/h1,3-5,10,13H. The molecular formula is C10H6BrNO. The van der Waals surface area contributed by atoms with Gasteiger partial charge in [-0.2, -0.15) is 5.26 Å². The highest BCUT2D eigenvalue weighted by Gasteiger charge is 2.08. The van der Waals surface area contributed by atoms with E-state index in [0.717, 1.165) is 0 Å². The van der Waals surface area contributed by atoms with Gasteiger partial charge in [0.25, 0.3) is 0 Å². The fourth-order valence-electron chi connectivity index (χ4n) is 0.913. The monoisotopic (exact) mass is 235 g/mol. The maximum atomic E-state index is 9.35. The van der Waals surface area contributed by atoms with Crippen LogP contribution in [-0.2, 0) is 0 Å². The number of halogens is 1. The summed E-state index contributed by atoms with van der Waals surface area (Å²) in [5.74, 6) is 2.19. The van der Waals surface area contributed by atoms with Crippen molar-refractivity contribution < 1.29 is 5.11 Å². The van der Waals surface area contributed by atoms with Gasteiger partial charge in [0, 0.05) is 10.0 Å². The smallest absolute Gasteiger partial charge is 0.141 e. The van der Waals surface area contributed by atoms with E-state index in [-0.39, 0.29) is 0 Å². The minimum absolute atomic E-state index is 0.479. The van der Waals surface area contributed by atoms with E-state index in [1.165, 1.54) is 0 Å². The van der Waals surface area contributed by atoms with Gasteiger partial charge in [0.2, 0.25) is 0 Å². The molecule has 0 saturated heterocycles. The Morgan fingerprint density at radius 2 is 2.23 bits per heavy atom. The van der Waals surface area contributed by atoms with E-state index in [4.69, 9.17) is 11.7 Å². The van der Waals surface area contributed by atoms with Crippen LogP contribution in [0.25, 0.3) is 0 Å². The van der Waals surface area contributed by atoms with Crippen LogP contribution in [0.4, 0.5) is 0 Å². The Morgan fingerprint density at radius 1 is 1.54 bits per heavy atom. The number of nitrogens with zero attached hydrogens (tertiary/aromatic N) is 1. The van der Waals surface area contributed by atoms with Crippen molar-refractivity contribution in [1.29, 1.82) is 5.26 Å². The first-order valence-electron chi connectivity index (χ1n) is 3.52. The first kappa shape index (κ1) is 9.80. The van der Waals surface area contributed by atoms with Gasteiger partial charge in [-0.1, -0.05) is 21.9 Å². The maximum Gasteiger partial charge on any atom is 0.141 e. The molecule has 0 aliphatic heterocycles. The number of nitriles is 1. The predicted octanol–water partition coefficient (Wildman–Crippen LogP) is 1.99. The van der Waals surface area contributed by atoms with Gasteiger partial charge in [0.1, 0.15) is 6.10 Å². The third kappa shape index (κ3) is 2.09. The molecule has 1 N–H and O–H groups in total. The van der Waals surface area contributed by atoms with Crippen molar-refractivity contribution in [3.63, 3.8) is 0 Å². The van der Waals surface area contributed by atoms with E-state index < -0.39 is 6.10 Å². The molecule has 0 bridgehead atoms. The Balaban J connectivity index is 3.22. The largest absolute Gasteiger partial charge is 0.376 e. The molecule has 1 unspecified atom stereocenters. The molecule has 2 nitrogen and oxygen atoms in total. The molecule has 64 valence electrons. The second-order valence-electron chi connectivity index (χ2n) is 2.42. The minimum Gasteiger partial charge on any atom is -0.376 e. The number of benzene rings is 1. The zero-order valence-electron chi connectivity index (χ0n) is 6.66. The lowest BCUT2D eigenvalue weighted by atomic mass is 10.1. The third-order valence-corrected chi connectivity index (χ3v) is 2.30. The van der Waals surface area contributed by atoms with E-state index in [1.807, 2.05) is 6.07 Å². The summed E-state index contributed by atoms with van der Waals surface area (Å²) in [5.41, 5.74) is 1.02. The van der Waals surface area contributed by atoms with E-state index in [9.17, 15) is 5.11 Å². The lowest BCUT2D eigenvalue weighted by Crippen LogP contribution is -1.95. The average Bonchev–Trinajstić information content (AvgIpc) is 2.17. The van der Waals surface area contributed by atoms with Crippen LogP contribution in [0.15, 0.2) is 22.7 Å². The molecule has 1 aromatic carbocycles. The number of aliphatic hydroxyl groups excluding tert-OH is 1.